The summed E-state index contributed by atoms with van der Waals surface area (Å²) >= 11 is 0. The molecule has 7 heteroatoms. The number of para-hydroxylation sites is 1. The van der Waals surface area contributed by atoms with Crippen LogP contribution in [0.4, 0.5) is 0 Å². The predicted octanol–water partition coefficient (Wildman–Crippen LogP) is 3.27. The maximum Gasteiger partial charge on any atom is 1.00 e. The predicted molar refractivity (Wildman–Crippen MR) is 118 cm³/mol. The second kappa shape index (κ2) is 15.4. The maximum absolute atomic E-state index is 12.4. The Hall–Kier alpha value is -0.414. The molecule has 0 amide bonds. The number of benzene rings is 2. The summed E-state index contributed by atoms with van der Waals surface area (Å²) in [5.74, 6) is 0.0927. The van der Waals surface area contributed by atoms with Crippen molar-refractivity contribution in [1.82, 2.24) is 0 Å². The van der Waals surface area contributed by atoms with E-state index < -0.39 is 20.8 Å². The van der Waals surface area contributed by atoms with Crippen LogP contribution in [0.3, 0.4) is 0 Å². The van der Waals surface area contributed by atoms with Crippen molar-refractivity contribution in [3.8, 4) is 17.2 Å². The number of ether oxygens (including phenoxy) is 1. The van der Waals surface area contributed by atoms with Crippen LogP contribution < -0.4 is 61.2 Å². The molecule has 0 radical (unpaired) electrons. The number of unbranched alkanes of at least 4 members (excludes halogenated alkanes) is 9. The van der Waals surface area contributed by atoms with E-state index in [2.05, 4.69) is 6.92 Å². The van der Waals surface area contributed by atoms with Crippen LogP contribution in [0.2, 0.25) is 0 Å². The Balaban J connectivity index is 0.00000480. The molecule has 2 rings (SSSR count). The van der Waals surface area contributed by atoms with Crippen molar-refractivity contribution in [2.45, 2.75) is 82.4 Å². The van der Waals surface area contributed by atoms with Crippen LogP contribution in [0, 0.1) is 0 Å². The molecule has 0 aliphatic heterocycles. The molecule has 0 unspecified atom stereocenters. The topological polar surface area (TPSA) is 86.7 Å². The van der Waals surface area contributed by atoms with Crippen molar-refractivity contribution in [1.29, 1.82) is 0 Å². The first-order valence-corrected chi connectivity index (χ1v) is 12.4. The second-order valence-electron chi connectivity index (χ2n) is 7.73. The van der Waals surface area contributed by atoms with E-state index in [0.717, 1.165) is 25.3 Å². The standard InChI is InChI=1S/C24H34O5S.K/c1-2-3-4-5-6-7-8-9-10-12-15-20-18-22(29-21-16-13-11-14-17-21)19-23(25)24(20)30(26,27)28;/h11,13-14,16-19,25H,2-10,12,15H2,1H3,(H,26,27,28);/q;+1/p-1. The molecule has 1 N–H and O–H groups in total. The molecule has 0 fully saturated rings. The third kappa shape index (κ3) is 10.8. The molecule has 0 saturated carbocycles. The fourth-order valence-electron chi connectivity index (χ4n) is 3.60. The van der Waals surface area contributed by atoms with Gasteiger partial charge in [-0.2, -0.15) is 8.42 Å². The van der Waals surface area contributed by atoms with Gasteiger partial charge in [-0.15, -0.1) is 0 Å². The maximum atomic E-state index is 12.4. The van der Waals surface area contributed by atoms with Gasteiger partial charge in [0.1, 0.15) is 11.5 Å². The van der Waals surface area contributed by atoms with E-state index >= 15 is 0 Å². The van der Waals surface area contributed by atoms with E-state index in [1.807, 2.05) is 18.2 Å². The first-order chi connectivity index (χ1) is 14.4. The third-order valence-electron chi connectivity index (χ3n) is 5.14. The number of hydrogen-bond donors (Lipinski definition) is 1. The Morgan fingerprint density at radius 3 is 1.94 bits per heavy atom. The van der Waals surface area contributed by atoms with Gasteiger partial charge in [0.15, 0.2) is 0 Å². The molecule has 0 bridgehead atoms. The second-order valence-corrected chi connectivity index (χ2v) is 9.09. The van der Waals surface area contributed by atoms with Gasteiger partial charge in [0, 0.05) is 0 Å². The monoisotopic (exact) mass is 472 g/mol. The van der Waals surface area contributed by atoms with E-state index in [1.54, 1.807) is 18.2 Å². The van der Waals surface area contributed by atoms with E-state index in [-0.39, 0.29) is 57.1 Å². The summed E-state index contributed by atoms with van der Waals surface area (Å²) in [5.41, 5.74) is 0.315. The van der Waals surface area contributed by atoms with Gasteiger partial charge < -0.3 is 9.84 Å². The summed E-state index contributed by atoms with van der Waals surface area (Å²) in [7, 11) is -4.58. The Kier molecular flexibility index (Phi) is 14.2. The Bertz CT molecular complexity index is 869. The summed E-state index contributed by atoms with van der Waals surface area (Å²) in [6.45, 7) is 2.22. The minimum Gasteiger partial charge on any atom is -0.871 e. The van der Waals surface area contributed by atoms with Crippen molar-refractivity contribution in [2.24, 2.45) is 0 Å². The molecule has 0 spiro atoms. The van der Waals surface area contributed by atoms with Crippen molar-refractivity contribution >= 4 is 10.1 Å². The Labute approximate surface area is 229 Å². The first-order valence-electron chi connectivity index (χ1n) is 11.0. The van der Waals surface area contributed by atoms with Crippen LogP contribution in [0.25, 0.3) is 0 Å². The fourth-order valence-corrected chi connectivity index (χ4v) is 4.40. The Morgan fingerprint density at radius 2 is 1.39 bits per heavy atom. The minimum absolute atomic E-state index is 0. The van der Waals surface area contributed by atoms with Gasteiger partial charge >= 0.3 is 51.4 Å². The average molecular weight is 473 g/mol. The molecule has 0 aromatic heterocycles. The molecule has 2 aromatic rings. The van der Waals surface area contributed by atoms with Crippen LogP contribution in [-0.2, 0) is 16.5 Å². The van der Waals surface area contributed by atoms with Gasteiger partial charge in [-0.25, -0.2) is 0 Å². The normalized spacial score (nSPS) is 11.2. The van der Waals surface area contributed by atoms with Crippen LogP contribution in [0.5, 0.6) is 17.2 Å². The molecule has 0 saturated heterocycles. The molecule has 166 valence electrons. The summed E-state index contributed by atoms with van der Waals surface area (Å²) in [4.78, 5) is -0.529. The number of rotatable bonds is 14. The van der Waals surface area contributed by atoms with Gasteiger partial charge in [-0.05, 0) is 42.7 Å². The minimum atomic E-state index is -4.58. The van der Waals surface area contributed by atoms with Crippen LogP contribution in [0.15, 0.2) is 47.4 Å². The molecule has 0 aliphatic carbocycles. The summed E-state index contributed by atoms with van der Waals surface area (Å²) in [6, 6.07) is 11.6. The van der Waals surface area contributed by atoms with Crippen molar-refractivity contribution < 1.29 is 74.2 Å². The molecule has 31 heavy (non-hydrogen) atoms. The van der Waals surface area contributed by atoms with Gasteiger partial charge in [0.05, 0.1) is 4.90 Å². The van der Waals surface area contributed by atoms with Crippen molar-refractivity contribution in [3.05, 3.63) is 48.0 Å². The van der Waals surface area contributed by atoms with Gasteiger partial charge in [0.25, 0.3) is 10.1 Å². The van der Waals surface area contributed by atoms with Gasteiger partial charge in [-0.1, -0.05) is 88.7 Å². The first kappa shape index (κ1) is 28.6. The van der Waals surface area contributed by atoms with E-state index in [0.29, 0.717) is 17.7 Å². The molecular formula is C24H33KO5S. The molecule has 2 aromatic carbocycles. The number of hydrogen-bond acceptors (Lipinski definition) is 4. The van der Waals surface area contributed by atoms with Gasteiger partial charge in [0.2, 0.25) is 0 Å². The summed E-state index contributed by atoms with van der Waals surface area (Å²) in [6.07, 6.45) is 12.0. The number of aryl methyl sites for hydroxylation is 1. The summed E-state index contributed by atoms with van der Waals surface area (Å²) < 4.78 is 38.7. The molecular weight excluding hydrogens is 439 g/mol. The smallest absolute Gasteiger partial charge is 0.871 e. The fraction of sp³-hybridized carbons (Fsp3) is 0.500. The van der Waals surface area contributed by atoms with Crippen LogP contribution in [0.1, 0.15) is 76.7 Å². The Morgan fingerprint density at radius 1 is 0.839 bits per heavy atom. The zero-order chi connectivity index (χ0) is 21.8. The molecule has 5 nitrogen and oxygen atoms in total. The van der Waals surface area contributed by atoms with Gasteiger partial charge in [-0.3, -0.25) is 4.55 Å². The summed E-state index contributed by atoms with van der Waals surface area (Å²) in [5, 5.41) is 12.4. The third-order valence-corrected chi connectivity index (χ3v) is 6.12. The quantitative estimate of drug-likeness (QED) is 0.259. The van der Waals surface area contributed by atoms with E-state index in [4.69, 9.17) is 4.74 Å². The van der Waals surface area contributed by atoms with Crippen molar-refractivity contribution in [3.63, 3.8) is 0 Å². The largest absolute Gasteiger partial charge is 1.00 e. The molecule has 0 heterocycles. The van der Waals surface area contributed by atoms with Crippen LogP contribution >= 0.6 is 0 Å². The van der Waals surface area contributed by atoms with Crippen LogP contribution in [-0.4, -0.2) is 13.0 Å². The van der Waals surface area contributed by atoms with E-state index in [1.165, 1.54) is 44.9 Å². The average Bonchev–Trinajstić information content (AvgIpc) is 2.69. The zero-order valence-electron chi connectivity index (χ0n) is 18.8. The zero-order valence-corrected chi connectivity index (χ0v) is 22.7. The molecule has 0 aliphatic rings. The SMILES string of the molecule is CCCCCCCCCCCCc1cc(Oc2ccccc2)cc([O-])c1S(=O)(=O)O.[K+]. The van der Waals surface area contributed by atoms with E-state index in [9.17, 15) is 18.1 Å². The molecule has 0 atom stereocenters. The van der Waals surface area contributed by atoms with Crippen molar-refractivity contribution in [2.75, 3.05) is 0 Å².